The van der Waals surface area contributed by atoms with Crippen LogP contribution in [0.15, 0.2) is 55.4 Å². The Labute approximate surface area is 150 Å². The van der Waals surface area contributed by atoms with Gasteiger partial charge in [0.2, 0.25) is 5.89 Å². The second-order valence-corrected chi connectivity index (χ2v) is 6.01. The number of carboxylic acids is 1. The molecule has 2 aromatic heterocycles. The van der Waals surface area contributed by atoms with Crippen LogP contribution >= 0.6 is 11.8 Å². The predicted octanol–water partition coefficient (Wildman–Crippen LogP) is 3.76. The molecule has 132 valence electrons. The van der Waals surface area contributed by atoms with Crippen LogP contribution in [0, 0.1) is 17.0 Å². The minimum absolute atomic E-state index is 0.0652. The number of rotatable bonds is 6. The topological polar surface area (TPSA) is 132 Å². The van der Waals surface area contributed by atoms with E-state index in [0.717, 1.165) is 11.8 Å². The average molecular weight is 373 g/mol. The lowest BCUT2D eigenvalue weighted by atomic mass is 10.1. The third-order valence-corrected chi connectivity index (χ3v) is 4.01. The van der Waals surface area contributed by atoms with Gasteiger partial charge < -0.3 is 13.9 Å². The molecule has 10 heteroatoms. The van der Waals surface area contributed by atoms with Gasteiger partial charge in [-0.3, -0.25) is 10.1 Å². The summed E-state index contributed by atoms with van der Waals surface area (Å²) in [4.78, 5) is 21.7. The lowest BCUT2D eigenvalue weighted by Gasteiger charge is -1.98. The molecule has 3 aromatic rings. The monoisotopic (exact) mass is 373 g/mol. The molecular weight excluding hydrogens is 362 g/mol. The number of benzene rings is 1. The smallest absolute Gasteiger partial charge is 0.342 e. The zero-order chi connectivity index (χ0) is 18.7. The predicted molar refractivity (Wildman–Crippen MR) is 91.3 cm³/mol. The molecule has 0 saturated carbocycles. The molecule has 26 heavy (non-hydrogen) atoms. The highest BCUT2D eigenvalue weighted by Crippen LogP contribution is 2.30. The second kappa shape index (κ2) is 7.23. The molecule has 0 bridgehead atoms. The van der Waals surface area contributed by atoms with E-state index in [9.17, 15) is 20.0 Å². The molecule has 0 spiro atoms. The fourth-order valence-electron chi connectivity index (χ4n) is 2.04. The Hall–Kier alpha value is -3.40. The summed E-state index contributed by atoms with van der Waals surface area (Å²) in [5.74, 6) is -0.210. The van der Waals surface area contributed by atoms with Crippen LogP contribution in [0.5, 0.6) is 0 Å². The summed E-state index contributed by atoms with van der Waals surface area (Å²) in [6.07, 6.45) is 1.31. The maximum absolute atomic E-state index is 11.4. The Morgan fingerprint density at radius 1 is 1.27 bits per heavy atom. The lowest BCUT2D eigenvalue weighted by molar-refractivity contribution is -0.384. The number of carbonyl (C=O) groups is 1. The van der Waals surface area contributed by atoms with Crippen LogP contribution in [0.3, 0.4) is 0 Å². The summed E-state index contributed by atoms with van der Waals surface area (Å²) in [6.45, 7) is 1.60. The number of nitro groups is 1. The molecule has 1 N–H and O–H groups in total. The molecule has 0 fully saturated rings. The number of non-ortho nitro benzene ring substituents is 1. The molecule has 0 atom stereocenters. The van der Waals surface area contributed by atoms with Gasteiger partial charge in [-0.05, 0) is 23.9 Å². The highest BCUT2D eigenvalue weighted by Gasteiger charge is 2.16. The van der Waals surface area contributed by atoms with Crippen LogP contribution in [0.25, 0.3) is 17.4 Å². The Morgan fingerprint density at radius 2 is 2.08 bits per heavy atom. The van der Waals surface area contributed by atoms with Gasteiger partial charge in [0.25, 0.3) is 10.9 Å². The molecule has 2 heterocycles. The van der Waals surface area contributed by atoms with Crippen LogP contribution in [0.4, 0.5) is 5.69 Å². The molecule has 0 aliphatic rings. The molecule has 0 radical (unpaired) electrons. The first-order valence-electron chi connectivity index (χ1n) is 7.20. The summed E-state index contributed by atoms with van der Waals surface area (Å²) < 4.78 is 10.7. The molecule has 9 nitrogen and oxygen atoms in total. The SMILES string of the molecule is Cc1nnc(S/C(=C/c2ccc(-c3cccc([N+](=O)[O-])c3)o2)C(=O)O)o1. The minimum atomic E-state index is -1.18. The standard InChI is InChI=1S/C16H11N3O6S/c1-9-17-18-16(24-9)26-14(15(20)21)8-12-5-6-13(25-12)10-3-2-4-11(7-10)19(22)23/h2-8H,1H3,(H,20,21)/b14-8+. The van der Waals surface area contributed by atoms with E-state index in [1.165, 1.54) is 18.2 Å². The summed E-state index contributed by atoms with van der Waals surface area (Å²) in [7, 11) is 0. The van der Waals surface area contributed by atoms with Crippen molar-refractivity contribution in [3.63, 3.8) is 0 Å². The number of aliphatic carboxylic acids is 1. The van der Waals surface area contributed by atoms with Crippen molar-refractivity contribution >= 4 is 29.5 Å². The van der Waals surface area contributed by atoms with Crippen molar-refractivity contribution in [2.75, 3.05) is 0 Å². The van der Waals surface area contributed by atoms with Gasteiger partial charge in [-0.1, -0.05) is 12.1 Å². The minimum Gasteiger partial charge on any atom is -0.477 e. The highest BCUT2D eigenvalue weighted by atomic mass is 32.2. The van der Waals surface area contributed by atoms with Gasteiger partial charge in [-0.15, -0.1) is 10.2 Å². The van der Waals surface area contributed by atoms with Gasteiger partial charge in [-0.2, -0.15) is 0 Å². The summed E-state index contributed by atoms with van der Waals surface area (Å²) >= 11 is 0.796. The molecular formula is C16H11N3O6S. The zero-order valence-corrected chi connectivity index (χ0v) is 14.1. The molecule has 0 amide bonds. The summed E-state index contributed by atoms with van der Waals surface area (Å²) in [6, 6.07) is 9.12. The van der Waals surface area contributed by atoms with Crippen molar-refractivity contribution in [1.29, 1.82) is 0 Å². The number of thioether (sulfide) groups is 1. The Morgan fingerprint density at radius 3 is 2.73 bits per heavy atom. The fraction of sp³-hybridized carbons (Fsp3) is 0.0625. The number of hydrogen-bond donors (Lipinski definition) is 1. The van der Waals surface area contributed by atoms with Crippen LogP contribution in [0.2, 0.25) is 0 Å². The number of aryl methyl sites for hydroxylation is 1. The first-order chi connectivity index (χ1) is 12.4. The van der Waals surface area contributed by atoms with E-state index in [1.807, 2.05) is 0 Å². The van der Waals surface area contributed by atoms with Gasteiger partial charge >= 0.3 is 5.97 Å². The lowest BCUT2D eigenvalue weighted by Crippen LogP contribution is -1.96. The van der Waals surface area contributed by atoms with E-state index in [4.69, 9.17) is 8.83 Å². The van der Waals surface area contributed by atoms with Crippen molar-refractivity contribution < 1.29 is 23.7 Å². The van der Waals surface area contributed by atoms with Crippen LogP contribution in [0.1, 0.15) is 11.7 Å². The average Bonchev–Trinajstić information content (AvgIpc) is 3.23. The number of furan rings is 1. The van der Waals surface area contributed by atoms with Gasteiger partial charge in [0.1, 0.15) is 16.4 Å². The normalized spacial score (nSPS) is 11.5. The van der Waals surface area contributed by atoms with E-state index in [-0.39, 0.29) is 21.6 Å². The zero-order valence-electron chi connectivity index (χ0n) is 13.3. The van der Waals surface area contributed by atoms with Crippen molar-refractivity contribution in [1.82, 2.24) is 10.2 Å². The van der Waals surface area contributed by atoms with Crippen molar-refractivity contribution in [2.45, 2.75) is 12.1 Å². The molecule has 0 unspecified atom stereocenters. The van der Waals surface area contributed by atoms with Gasteiger partial charge in [0, 0.05) is 30.7 Å². The molecule has 0 saturated heterocycles. The fourth-order valence-corrected chi connectivity index (χ4v) is 2.73. The number of nitrogens with zero attached hydrogens (tertiary/aromatic N) is 3. The van der Waals surface area contributed by atoms with E-state index in [0.29, 0.717) is 17.2 Å². The van der Waals surface area contributed by atoms with Crippen LogP contribution in [-0.2, 0) is 4.79 Å². The van der Waals surface area contributed by atoms with Gasteiger partial charge in [0.05, 0.1) is 4.92 Å². The van der Waals surface area contributed by atoms with E-state index < -0.39 is 10.9 Å². The number of carboxylic acid groups (broad SMARTS) is 1. The van der Waals surface area contributed by atoms with Crippen molar-refractivity contribution in [3.8, 4) is 11.3 Å². The first kappa shape index (κ1) is 17.4. The Balaban J connectivity index is 1.87. The maximum atomic E-state index is 11.4. The van der Waals surface area contributed by atoms with Crippen molar-refractivity contribution in [2.24, 2.45) is 0 Å². The van der Waals surface area contributed by atoms with Gasteiger partial charge in [-0.25, -0.2) is 4.79 Å². The first-order valence-corrected chi connectivity index (χ1v) is 8.01. The number of hydrogen-bond acceptors (Lipinski definition) is 8. The maximum Gasteiger partial charge on any atom is 0.342 e. The quantitative estimate of drug-likeness (QED) is 0.297. The second-order valence-electron chi connectivity index (χ2n) is 5.01. The number of aromatic nitrogens is 2. The van der Waals surface area contributed by atoms with E-state index in [2.05, 4.69) is 10.2 Å². The van der Waals surface area contributed by atoms with Crippen LogP contribution in [-0.4, -0.2) is 26.2 Å². The third-order valence-electron chi connectivity index (χ3n) is 3.16. The van der Waals surface area contributed by atoms with Gasteiger partial charge in [0.15, 0.2) is 0 Å². The largest absolute Gasteiger partial charge is 0.477 e. The molecule has 0 aliphatic heterocycles. The summed E-state index contributed by atoms with van der Waals surface area (Å²) in [5, 5.41) is 27.7. The Kier molecular flexibility index (Phi) is 4.85. The molecule has 1 aromatic carbocycles. The Bertz CT molecular complexity index is 1010. The van der Waals surface area contributed by atoms with Crippen LogP contribution < -0.4 is 0 Å². The third kappa shape index (κ3) is 3.98. The molecule has 0 aliphatic carbocycles. The summed E-state index contributed by atoms with van der Waals surface area (Å²) in [5.41, 5.74) is 0.445. The van der Waals surface area contributed by atoms with Crippen molar-refractivity contribution in [3.05, 3.63) is 63.1 Å². The highest BCUT2D eigenvalue weighted by molar-refractivity contribution is 8.03. The van der Waals surface area contributed by atoms with E-state index >= 15 is 0 Å². The molecule has 3 rings (SSSR count). The number of nitro benzene ring substituents is 1. The van der Waals surface area contributed by atoms with E-state index in [1.54, 1.807) is 31.2 Å².